The summed E-state index contributed by atoms with van der Waals surface area (Å²) in [7, 11) is 0. The fourth-order valence-corrected chi connectivity index (χ4v) is 2.60. The van der Waals surface area contributed by atoms with Crippen LogP contribution in [0.25, 0.3) is 0 Å². The van der Waals surface area contributed by atoms with Crippen LogP contribution in [0.15, 0.2) is 36.4 Å². The molecule has 0 saturated heterocycles. The van der Waals surface area contributed by atoms with Crippen LogP contribution in [0.1, 0.15) is 16.7 Å². The normalized spacial score (nSPS) is 12.7. The standard InChI is InChI=1S/C17H15ClN2O2/c18-15-7-14(8-16-17(15)22-6-5-21-16)11-20-10-13-3-1-12(9-19)2-4-13/h1-4,7-8,20H,5-6,10-11H2. The van der Waals surface area contributed by atoms with E-state index >= 15 is 0 Å². The van der Waals surface area contributed by atoms with Gasteiger partial charge in [0.2, 0.25) is 0 Å². The van der Waals surface area contributed by atoms with Crippen molar-refractivity contribution in [3.63, 3.8) is 0 Å². The van der Waals surface area contributed by atoms with Gasteiger partial charge in [-0.1, -0.05) is 23.7 Å². The van der Waals surface area contributed by atoms with Crippen molar-refractivity contribution in [1.29, 1.82) is 5.26 Å². The molecular formula is C17H15ClN2O2. The van der Waals surface area contributed by atoms with Crippen molar-refractivity contribution in [3.8, 4) is 17.6 Å². The van der Waals surface area contributed by atoms with E-state index in [0.29, 0.717) is 41.8 Å². The molecule has 0 bridgehead atoms. The van der Waals surface area contributed by atoms with Crippen molar-refractivity contribution >= 4 is 11.6 Å². The van der Waals surface area contributed by atoms with Crippen molar-refractivity contribution in [3.05, 3.63) is 58.1 Å². The van der Waals surface area contributed by atoms with Crippen molar-refractivity contribution in [1.82, 2.24) is 5.32 Å². The van der Waals surface area contributed by atoms with Gasteiger partial charge >= 0.3 is 0 Å². The third kappa shape index (κ3) is 3.33. The van der Waals surface area contributed by atoms with Gasteiger partial charge in [0.15, 0.2) is 11.5 Å². The topological polar surface area (TPSA) is 54.3 Å². The van der Waals surface area contributed by atoms with Crippen LogP contribution in [0.3, 0.4) is 0 Å². The molecule has 5 heteroatoms. The van der Waals surface area contributed by atoms with Crippen LogP contribution in [0.2, 0.25) is 5.02 Å². The van der Waals surface area contributed by atoms with Crippen LogP contribution >= 0.6 is 11.6 Å². The van der Waals surface area contributed by atoms with Crippen LogP contribution in [-0.2, 0) is 13.1 Å². The van der Waals surface area contributed by atoms with Crippen molar-refractivity contribution in [2.45, 2.75) is 13.1 Å². The lowest BCUT2D eigenvalue weighted by Crippen LogP contribution is -2.17. The Morgan fingerprint density at radius 2 is 1.77 bits per heavy atom. The van der Waals surface area contributed by atoms with Crippen LogP contribution in [0, 0.1) is 11.3 Å². The molecule has 2 aromatic rings. The van der Waals surface area contributed by atoms with E-state index < -0.39 is 0 Å². The highest BCUT2D eigenvalue weighted by Gasteiger charge is 2.16. The number of nitrogens with zero attached hydrogens (tertiary/aromatic N) is 1. The molecule has 1 aliphatic rings. The molecule has 0 atom stereocenters. The maximum Gasteiger partial charge on any atom is 0.179 e. The summed E-state index contributed by atoms with van der Waals surface area (Å²) in [6.45, 7) is 2.47. The van der Waals surface area contributed by atoms with Gasteiger partial charge in [0.1, 0.15) is 13.2 Å². The van der Waals surface area contributed by atoms with Gasteiger partial charge in [-0.05, 0) is 35.4 Å². The number of halogens is 1. The van der Waals surface area contributed by atoms with E-state index in [1.54, 1.807) is 0 Å². The minimum absolute atomic E-state index is 0.531. The zero-order chi connectivity index (χ0) is 15.4. The van der Waals surface area contributed by atoms with Gasteiger partial charge in [0.25, 0.3) is 0 Å². The summed E-state index contributed by atoms with van der Waals surface area (Å²) in [5.41, 5.74) is 2.84. The summed E-state index contributed by atoms with van der Waals surface area (Å²) < 4.78 is 11.1. The highest BCUT2D eigenvalue weighted by atomic mass is 35.5. The molecular weight excluding hydrogens is 300 g/mol. The highest BCUT2D eigenvalue weighted by molar-refractivity contribution is 6.32. The summed E-state index contributed by atoms with van der Waals surface area (Å²) in [5, 5.41) is 12.7. The van der Waals surface area contributed by atoms with E-state index in [2.05, 4.69) is 11.4 Å². The summed E-state index contributed by atoms with van der Waals surface area (Å²) in [6, 6.07) is 13.5. The molecule has 0 spiro atoms. The smallest absolute Gasteiger partial charge is 0.179 e. The van der Waals surface area contributed by atoms with Crippen LogP contribution in [-0.4, -0.2) is 13.2 Å². The SMILES string of the molecule is N#Cc1ccc(CNCc2cc(Cl)c3c(c2)OCCO3)cc1. The Morgan fingerprint density at radius 3 is 2.55 bits per heavy atom. The van der Waals surface area contributed by atoms with Gasteiger partial charge in [0, 0.05) is 13.1 Å². The van der Waals surface area contributed by atoms with E-state index in [1.807, 2.05) is 36.4 Å². The van der Waals surface area contributed by atoms with Crippen LogP contribution < -0.4 is 14.8 Å². The van der Waals surface area contributed by atoms with E-state index in [0.717, 1.165) is 17.7 Å². The molecule has 22 heavy (non-hydrogen) atoms. The molecule has 0 fully saturated rings. The first-order valence-corrected chi connectivity index (χ1v) is 7.42. The second-order valence-corrected chi connectivity index (χ2v) is 5.42. The Kier molecular flexibility index (Phi) is 4.47. The largest absolute Gasteiger partial charge is 0.486 e. The number of benzene rings is 2. The summed E-state index contributed by atoms with van der Waals surface area (Å²) in [6.07, 6.45) is 0. The third-order valence-corrected chi connectivity index (χ3v) is 3.68. The van der Waals surface area contributed by atoms with Gasteiger partial charge < -0.3 is 14.8 Å². The number of hydrogen-bond donors (Lipinski definition) is 1. The van der Waals surface area contributed by atoms with Crippen LogP contribution in [0.5, 0.6) is 11.5 Å². The predicted molar refractivity (Wildman–Crippen MR) is 84.1 cm³/mol. The lowest BCUT2D eigenvalue weighted by atomic mass is 10.1. The minimum Gasteiger partial charge on any atom is -0.486 e. The quantitative estimate of drug-likeness (QED) is 0.941. The molecule has 4 nitrogen and oxygen atoms in total. The van der Waals surface area contributed by atoms with Gasteiger partial charge in [0.05, 0.1) is 16.7 Å². The number of hydrogen-bond acceptors (Lipinski definition) is 4. The molecule has 1 heterocycles. The Hall–Kier alpha value is -2.22. The highest BCUT2D eigenvalue weighted by Crippen LogP contribution is 2.38. The third-order valence-electron chi connectivity index (χ3n) is 3.40. The number of ether oxygens (including phenoxy) is 2. The predicted octanol–water partition coefficient (Wildman–Crippen LogP) is 3.27. The number of nitriles is 1. The lowest BCUT2D eigenvalue weighted by molar-refractivity contribution is 0.171. The van der Waals surface area contributed by atoms with E-state index in [1.165, 1.54) is 0 Å². The van der Waals surface area contributed by atoms with Gasteiger partial charge in [-0.2, -0.15) is 5.26 Å². The maximum atomic E-state index is 8.78. The molecule has 0 saturated carbocycles. The van der Waals surface area contributed by atoms with Crippen molar-refractivity contribution in [2.24, 2.45) is 0 Å². The molecule has 1 aliphatic heterocycles. The first kappa shape index (κ1) is 14.7. The first-order valence-electron chi connectivity index (χ1n) is 7.04. The number of fused-ring (bicyclic) bond motifs is 1. The van der Waals surface area contributed by atoms with Gasteiger partial charge in [-0.15, -0.1) is 0 Å². The zero-order valence-electron chi connectivity index (χ0n) is 11.9. The fraction of sp³-hybridized carbons (Fsp3) is 0.235. The monoisotopic (exact) mass is 314 g/mol. The molecule has 1 N–H and O–H groups in total. The van der Waals surface area contributed by atoms with E-state index in [-0.39, 0.29) is 0 Å². The Labute approximate surface area is 134 Å². The molecule has 0 radical (unpaired) electrons. The average molecular weight is 315 g/mol. The average Bonchev–Trinajstić information content (AvgIpc) is 2.56. The molecule has 2 aromatic carbocycles. The first-order chi connectivity index (χ1) is 10.8. The molecule has 112 valence electrons. The maximum absolute atomic E-state index is 8.78. The second-order valence-electron chi connectivity index (χ2n) is 5.01. The molecule has 0 aromatic heterocycles. The van der Waals surface area contributed by atoms with E-state index in [4.69, 9.17) is 26.3 Å². The fourth-order valence-electron chi connectivity index (χ4n) is 2.31. The molecule has 0 amide bonds. The Morgan fingerprint density at radius 1 is 1.05 bits per heavy atom. The zero-order valence-corrected chi connectivity index (χ0v) is 12.7. The summed E-state index contributed by atoms with van der Waals surface area (Å²) >= 11 is 6.21. The minimum atomic E-state index is 0.531. The van der Waals surface area contributed by atoms with Crippen molar-refractivity contribution < 1.29 is 9.47 Å². The lowest BCUT2D eigenvalue weighted by Gasteiger charge is -2.20. The number of nitrogens with one attached hydrogen (secondary N) is 1. The van der Waals surface area contributed by atoms with E-state index in [9.17, 15) is 0 Å². The summed E-state index contributed by atoms with van der Waals surface area (Å²) in [4.78, 5) is 0. The molecule has 0 unspecified atom stereocenters. The van der Waals surface area contributed by atoms with Gasteiger partial charge in [-0.25, -0.2) is 0 Å². The Balaban J connectivity index is 1.61. The second kappa shape index (κ2) is 6.69. The summed E-state index contributed by atoms with van der Waals surface area (Å²) in [5.74, 6) is 1.33. The van der Waals surface area contributed by atoms with Crippen molar-refractivity contribution in [2.75, 3.05) is 13.2 Å². The molecule has 3 rings (SSSR count). The van der Waals surface area contributed by atoms with Gasteiger partial charge in [-0.3, -0.25) is 0 Å². The molecule has 0 aliphatic carbocycles. The van der Waals surface area contributed by atoms with Crippen LogP contribution in [0.4, 0.5) is 0 Å². The number of rotatable bonds is 4. The Bertz CT molecular complexity index is 708.